The van der Waals surface area contributed by atoms with Crippen LogP contribution >= 0.6 is 11.3 Å². The molecule has 0 radical (unpaired) electrons. The molecule has 1 heterocycles. The number of anilines is 1. The summed E-state index contributed by atoms with van der Waals surface area (Å²) in [6.07, 6.45) is 4.28. The van der Waals surface area contributed by atoms with E-state index in [0.29, 0.717) is 11.3 Å². The first-order chi connectivity index (χ1) is 11.5. The molecular formula is C19H21NO3S. The summed E-state index contributed by atoms with van der Waals surface area (Å²) in [4.78, 5) is 25.7. The number of hydrogen-bond donors (Lipinski definition) is 1. The number of esters is 1. The Morgan fingerprint density at radius 1 is 1.12 bits per heavy atom. The number of carbonyl (C=O) groups is 2. The summed E-state index contributed by atoms with van der Waals surface area (Å²) < 4.78 is 5.15. The molecule has 0 saturated carbocycles. The average molecular weight is 343 g/mol. The van der Waals surface area contributed by atoms with Crippen LogP contribution in [-0.4, -0.2) is 18.0 Å². The van der Waals surface area contributed by atoms with Crippen LogP contribution in [0.5, 0.6) is 0 Å². The number of hydrogen-bond acceptors (Lipinski definition) is 4. The van der Waals surface area contributed by atoms with E-state index in [9.17, 15) is 9.59 Å². The molecule has 1 aromatic heterocycles. The summed E-state index contributed by atoms with van der Waals surface area (Å²) in [6, 6.07) is 6.80. The highest BCUT2D eigenvalue weighted by Crippen LogP contribution is 2.30. The summed E-state index contributed by atoms with van der Waals surface area (Å²) in [7, 11) is 0. The fourth-order valence-corrected chi connectivity index (χ4v) is 3.98. The van der Waals surface area contributed by atoms with Gasteiger partial charge >= 0.3 is 5.97 Å². The highest BCUT2D eigenvalue weighted by Gasteiger charge is 2.20. The summed E-state index contributed by atoms with van der Waals surface area (Å²) in [6.45, 7) is 3.63. The van der Waals surface area contributed by atoms with Crippen molar-refractivity contribution in [1.29, 1.82) is 0 Å². The molecule has 2 aromatic rings. The van der Waals surface area contributed by atoms with Gasteiger partial charge in [-0.15, -0.1) is 11.3 Å². The largest absolute Gasteiger partial charge is 0.459 e. The zero-order valence-corrected chi connectivity index (χ0v) is 14.7. The Bertz CT molecular complexity index is 746. The SMILES string of the molecule is CC(C)OC(=O)c1ccc(NC(=O)c2csc3c2CCCC3)cc1. The minimum atomic E-state index is -0.352. The number of carbonyl (C=O) groups excluding carboxylic acids is 2. The summed E-state index contributed by atoms with van der Waals surface area (Å²) in [5.41, 5.74) is 3.16. The van der Waals surface area contributed by atoms with Crippen molar-refractivity contribution in [3.05, 3.63) is 51.2 Å². The van der Waals surface area contributed by atoms with Gasteiger partial charge in [-0.25, -0.2) is 4.79 Å². The van der Waals surface area contributed by atoms with Gasteiger partial charge in [-0.3, -0.25) is 4.79 Å². The number of rotatable bonds is 4. The lowest BCUT2D eigenvalue weighted by Gasteiger charge is -2.13. The molecule has 1 N–H and O–H groups in total. The number of benzene rings is 1. The predicted octanol–water partition coefficient (Wildman–Crippen LogP) is 4.44. The third kappa shape index (κ3) is 3.67. The lowest BCUT2D eigenvalue weighted by atomic mass is 9.95. The molecule has 3 rings (SSSR count). The van der Waals surface area contributed by atoms with E-state index >= 15 is 0 Å². The third-order valence-electron chi connectivity index (χ3n) is 4.03. The lowest BCUT2D eigenvalue weighted by Crippen LogP contribution is -2.15. The number of fused-ring (bicyclic) bond motifs is 1. The summed E-state index contributed by atoms with van der Waals surface area (Å²) in [5, 5.41) is 4.88. The molecule has 0 spiro atoms. The first-order valence-corrected chi connectivity index (χ1v) is 9.14. The lowest BCUT2D eigenvalue weighted by molar-refractivity contribution is 0.0378. The highest BCUT2D eigenvalue weighted by atomic mass is 32.1. The van der Waals surface area contributed by atoms with E-state index in [2.05, 4.69) is 5.32 Å². The maximum Gasteiger partial charge on any atom is 0.338 e. The molecule has 0 unspecified atom stereocenters. The molecule has 0 saturated heterocycles. The van der Waals surface area contributed by atoms with E-state index in [4.69, 9.17) is 4.74 Å². The smallest absolute Gasteiger partial charge is 0.338 e. The molecule has 5 heteroatoms. The maximum absolute atomic E-state index is 12.5. The van der Waals surface area contributed by atoms with Crippen molar-refractivity contribution < 1.29 is 14.3 Å². The molecule has 126 valence electrons. The second kappa shape index (κ2) is 7.18. The molecule has 0 atom stereocenters. The van der Waals surface area contributed by atoms with E-state index in [1.807, 2.05) is 19.2 Å². The van der Waals surface area contributed by atoms with Gasteiger partial charge in [0.05, 0.1) is 17.2 Å². The van der Waals surface area contributed by atoms with Crippen LogP contribution in [0.1, 0.15) is 57.8 Å². The van der Waals surface area contributed by atoms with Crippen LogP contribution in [-0.2, 0) is 17.6 Å². The van der Waals surface area contributed by atoms with Gasteiger partial charge in [0, 0.05) is 15.9 Å². The number of amides is 1. The van der Waals surface area contributed by atoms with Crippen LogP contribution in [0, 0.1) is 0 Å². The van der Waals surface area contributed by atoms with Gasteiger partial charge < -0.3 is 10.1 Å². The molecule has 1 aromatic carbocycles. The van der Waals surface area contributed by atoms with Gasteiger partial charge in [0.2, 0.25) is 0 Å². The van der Waals surface area contributed by atoms with E-state index in [1.54, 1.807) is 35.6 Å². The number of ether oxygens (including phenoxy) is 1. The number of thiophene rings is 1. The standard InChI is InChI=1S/C19H21NO3S/c1-12(2)23-19(22)13-7-9-14(10-8-13)20-18(21)16-11-24-17-6-4-3-5-15(16)17/h7-12H,3-6H2,1-2H3,(H,20,21). The monoisotopic (exact) mass is 343 g/mol. The van der Waals surface area contributed by atoms with Crippen LogP contribution in [0.15, 0.2) is 29.6 Å². The van der Waals surface area contributed by atoms with Crippen LogP contribution in [0.3, 0.4) is 0 Å². The fourth-order valence-electron chi connectivity index (χ4n) is 2.85. The van der Waals surface area contributed by atoms with Crippen molar-refractivity contribution in [2.24, 2.45) is 0 Å². The van der Waals surface area contributed by atoms with Crippen molar-refractivity contribution in [3.63, 3.8) is 0 Å². The Labute approximate surface area is 145 Å². The first-order valence-electron chi connectivity index (χ1n) is 8.26. The number of aryl methyl sites for hydroxylation is 1. The molecule has 4 nitrogen and oxygen atoms in total. The molecule has 0 bridgehead atoms. The molecular weight excluding hydrogens is 322 g/mol. The van der Waals surface area contributed by atoms with Crippen molar-refractivity contribution >= 4 is 28.9 Å². The van der Waals surface area contributed by atoms with Crippen molar-refractivity contribution in [3.8, 4) is 0 Å². The molecule has 0 fully saturated rings. The Morgan fingerprint density at radius 3 is 2.54 bits per heavy atom. The topological polar surface area (TPSA) is 55.4 Å². The minimum Gasteiger partial charge on any atom is -0.459 e. The Morgan fingerprint density at radius 2 is 1.83 bits per heavy atom. The van der Waals surface area contributed by atoms with Crippen molar-refractivity contribution in [1.82, 2.24) is 0 Å². The Kier molecular flexibility index (Phi) is 5.00. The van der Waals surface area contributed by atoms with Crippen molar-refractivity contribution in [2.75, 3.05) is 5.32 Å². The van der Waals surface area contributed by atoms with Gasteiger partial charge in [-0.05, 0) is 69.4 Å². The molecule has 1 aliphatic carbocycles. The Balaban J connectivity index is 1.69. The normalized spacial score (nSPS) is 13.5. The van der Waals surface area contributed by atoms with Gasteiger partial charge in [-0.2, -0.15) is 0 Å². The van der Waals surface area contributed by atoms with Gasteiger partial charge in [0.1, 0.15) is 0 Å². The van der Waals surface area contributed by atoms with E-state index in [-0.39, 0.29) is 18.0 Å². The zero-order chi connectivity index (χ0) is 17.1. The summed E-state index contributed by atoms with van der Waals surface area (Å²) >= 11 is 1.68. The minimum absolute atomic E-state index is 0.0769. The quantitative estimate of drug-likeness (QED) is 0.835. The van der Waals surface area contributed by atoms with Crippen LogP contribution in [0.4, 0.5) is 5.69 Å². The second-order valence-corrected chi connectivity index (χ2v) is 7.21. The highest BCUT2D eigenvalue weighted by molar-refractivity contribution is 7.10. The molecule has 1 aliphatic rings. The fraction of sp³-hybridized carbons (Fsp3) is 0.368. The molecule has 0 aliphatic heterocycles. The summed E-state index contributed by atoms with van der Waals surface area (Å²) in [5.74, 6) is -0.429. The predicted molar refractivity (Wildman–Crippen MR) is 95.9 cm³/mol. The van der Waals surface area contributed by atoms with Crippen LogP contribution in [0.2, 0.25) is 0 Å². The third-order valence-corrected chi connectivity index (χ3v) is 5.12. The average Bonchev–Trinajstić information content (AvgIpc) is 2.99. The van der Waals surface area contributed by atoms with E-state index in [0.717, 1.165) is 24.8 Å². The first kappa shape index (κ1) is 16.7. The van der Waals surface area contributed by atoms with E-state index < -0.39 is 0 Å². The van der Waals surface area contributed by atoms with E-state index in [1.165, 1.54) is 16.9 Å². The maximum atomic E-state index is 12.5. The second-order valence-electron chi connectivity index (χ2n) is 6.24. The van der Waals surface area contributed by atoms with Gasteiger partial charge in [-0.1, -0.05) is 0 Å². The van der Waals surface area contributed by atoms with Gasteiger partial charge in [0.15, 0.2) is 0 Å². The zero-order valence-electron chi connectivity index (χ0n) is 13.9. The molecule has 24 heavy (non-hydrogen) atoms. The van der Waals surface area contributed by atoms with Crippen LogP contribution < -0.4 is 5.32 Å². The van der Waals surface area contributed by atoms with Crippen LogP contribution in [0.25, 0.3) is 0 Å². The molecule has 1 amide bonds. The number of nitrogens with one attached hydrogen (secondary N) is 1. The van der Waals surface area contributed by atoms with Crippen molar-refractivity contribution in [2.45, 2.75) is 45.6 Å². The van der Waals surface area contributed by atoms with Gasteiger partial charge in [0.25, 0.3) is 5.91 Å². The Hall–Kier alpha value is -2.14.